The van der Waals surface area contributed by atoms with Crippen molar-refractivity contribution in [2.45, 2.75) is 32.5 Å². The zero-order valence-corrected chi connectivity index (χ0v) is 18.3. The van der Waals surface area contributed by atoms with Crippen LogP contribution in [-0.2, 0) is 17.9 Å². The summed E-state index contributed by atoms with van der Waals surface area (Å²) >= 11 is 0. The molecule has 0 aliphatic carbocycles. The van der Waals surface area contributed by atoms with Gasteiger partial charge in [-0.2, -0.15) is 5.10 Å². The molecule has 0 saturated carbocycles. The number of carbonyl (C=O) groups is 3. The lowest BCUT2D eigenvalue weighted by atomic mass is 10.2. The van der Waals surface area contributed by atoms with Gasteiger partial charge < -0.3 is 20.4 Å². The molecule has 1 aliphatic rings. The Hall–Kier alpha value is -3.20. The molecule has 1 aromatic heterocycles. The van der Waals surface area contributed by atoms with Crippen LogP contribution in [0, 0.1) is 0 Å². The maximum Gasteiger partial charge on any atom is 0.272 e. The van der Waals surface area contributed by atoms with Crippen molar-refractivity contribution < 1.29 is 14.4 Å². The molecule has 2 heterocycles. The number of nitrogens with zero attached hydrogens (tertiary/aromatic N) is 4. The predicted molar refractivity (Wildman–Crippen MR) is 117 cm³/mol. The highest BCUT2D eigenvalue weighted by molar-refractivity contribution is 5.99. The highest BCUT2D eigenvalue weighted by Crippen LogP contribution is 2.16. The first-order chi connectivity index (χ1) is 14.8. The van der Waals surface area contributed by atoms with Gasteiger partial charge in [-0.15, -0.1) is 0 Å². The van der Waals surface area contributed by atoms with E-state index in [2.05, 4.69) is 15.7 Å². The smallest absolute Gasteiger partial charge is 0.272 e. The number of benzene rings is 1. The third-order valence-corrected chi connectivity index (χ3v) is 5.13. The monoisotopic (exact) mass is 426 g/mol. The van der Waals surface area contributed by atoms with E-state index in [0.29, 0.717) is 38.4 Å². The van der Waals surface area contributed by atoms with E-state index in [1.807, 2.05) is 49.3 Å². The minimum atomic E-state index is -0.707. The molecule has 3 rings (SSSR count). The molecule has 31 heavy (non-hydrogen) atoms. The van der Waals surface area contributed by atoms with E-state index >= 15 is 0 Å². The van der Waals surface area contributed by atoms with Crippen molar-refractivity contribution in [1.82, 2.24) is 30.2 Å². The lowest BCUT2D eigenvalue weighted by Gasteiger charge is -2.20. The standard InChI is InChI=1S/C22H30N6O3/c1-16(20(29)23-10-13-26(2)3)24-21(30)18-14-19-22(31)27(11-7-12-28(19)25-18)15-17-8-5-4-6-9-17/h4-6,8-9,14,16H,7,10-13,15H2,1-3H3,(H,23,29)(H,24,30). The molecule has 1 aliphatic heterocycles. The number of hydrogen-bond donors (Lipinski definition) is 2. The van der Waals surface area contributed by atoms with Crippen LogP contribution in [0.3, 0.4) is 0 Å². The molecule has 2 N–H and O–H groups in total. The highest BCUT2D eigenvalue weighted by Gasteiger charge is 2.27. The molecule has 166 valence electrons. The number of aryl methyl sites for hydroxylation is 1. The summed E-state index contributed by atoms with van der Waals surface area (Å²) in [7, 11) is 3.84. The van der Waals surface area contributed by atoms with Crippen molar-refractivity contribution in [1.29, 1.82) is 0 Å². The van der Waals surface area contributed by atoms with Crippen molar-refractivity contribution >= 4 is 17.7 Å². The van der Waals surface area contributed by atoms with Crippen LogP contribution in [0.2, 0.25) is 0 Å². The molecule has 1 atom stereocenters. The number of fused-ring (bicyclic) bond motifs is 1. The van der Waals surface area contributed by atoms with Gasteiger partial charge in [-0.25, -0.2) is 0 Å². The summed E-state index contributed by atoms with van der Waals surface area (Å²) < 4.78 is 1.59. The van der Waals surface area contributed by atoms with Gasteiger partial charge in [0.1, 0.15) is 11.7 Å². The molecule has 1 aromatic carbocycles. The predicted octanol–water partition coefficient (Wildman–Crippen LogP) is 0.725. The fourth-order valence-corrected chi connectivity index (χ4v) is 3.39. The average molecular weight is 427 g/mol. The summed E-state index contributed by atoms with van der Waals surface area (Å²) in [6, 6.07) is 10.6. The topological polar surface area (TPSA) is 99.6 Å². The van der Waals surface area contributed by atoms with E-state index in [4.69, 9.17) is 0 Å². The molecule has 0 bridgehead atoms. The van der Waals surface area contributed by atoms with E-state index in [1.54, 1.807) is 16.5 Å². The Morgan fingerprint density at radius 2 is 1.94 bits per heavy atom. The van der Waals surface area contributed by atoms with E-state index < -0.39 is 11.9 Å². The molecule has 9 nitrogen and oxygen atoms in total. The minimum absolute atomic E-state index is 0.137. The van der Waals surface area contributed by atoms with Gasteiger partial charge in [-0.3, -0.25) is 19.1 Å². The van der Waals surface area contributed by atoms with Crippen molar-refractivity contribution in [2.24, 2.45) is 0 Å². The van der Waals surface area contributed by atoms with Crippen molar-refractivity contribution in [3.63, 3.8) is 0 Å². The Morgan fingerprint density at radius 1 is 1.19 bits per heavy atom. The Balaban J connectivity index is 1.64. The molecule has 2 aromatic rings. The normalized spacial score (nSPS) is 14.7. The number of likely N-dealkylation sites (N-methyl/N-ethyl adjacent to an activating group) is 1. The number of hydrogen-bond acceptors (Lipinski definition) is 5. The zero-order chi connectivity index (χ0) is 22.4. The van der Waals surface area contributed by atoms with Crippen molar-refractivity contribution in [3.8, 4) is 0 Å². The van der Waals surface area contributed by atoms with Gasteiger partial charge in [0, 0.05) is 38.8 Å². The third-order valence-electron chi connectivity index (χ3n) is 5.13. The first kappa shape index (κ1) is 22.5. The van der Waals surface area contributed by atoms with Crippen LogP contribution < -0.4 is 10.6 Å². The molecule has 0 saturated heterocycles. The second-order valence-corrected chi connectivity index (χ2v) is 7.99. The Kier molecular flexibility index (Phi) is 7.41. The summed E-state index contributed by atoms with van der Waals surface area (Å²) in [5, 5.41) is 9.76. The number of amides is 3. The maximum absolute atomic E-state index is 13.0. The van der Waals surface area contributed by atoms with Crippen LogP contribution in [0.4, 0.5) is 0 Å². The molecule has 1 unspecified atom stereocenters. The van der Waals surface area contributed by atoms with Crippen molar-refractivity contribution in [3.05, 3.63) is 53.3 Å². The van der Waals surface area contributed by atoms with Crippen LogP contribution in [0.1, 0.15) is 39.9 Å². The molecular weight excluding hydrogens is 396 g/mol. The highest BCUT2D eigenvalue weighted by atomic mass is 16.2. The van der Waals surface area contributed by atoms with Gasteiger partial charge in [0.05, 0.1) is 0 Å². The molecule has 0 fully saturated rings. The van der Waals surface area contributed by atoms with Crippen LogP contribution in [0.15, 0.2) is 36.4 Å². The molecule has 0 radical (unpaired) electrons. The van der Waals surface area contributed by atoms with E-state index in [0.717, 1.165) is 12.0 Å². The van der Waals surface area contributed by atoms with Gasteiger partial charge in [-0.05, 0) is 33.0 Å². The summed E-state index contributed by atoms with van der Waals surface area (Å²) in [5.74, 6) is -0.887. The van der Waals surface area contributed by atoms with Crippen LogP contribution in [0.25, 0.3) is 0 Å². The summed E-state index contributed by atoms with van der Waals surface area (Å²) in [4.78, 5) is 41.6. The number of aromatic nitrogens is 2. The summed E-state index contributed by atoms with van der Waals surface area (Å²) in [6.45, 7) is 4.52. The van der Waals surface area contributed by atoms with Crippen LogP contribution in [0.5, 0.6) is 0 Å². The number of carbonyl (C=O) groups excluding carboxylic acids is 3. The van der Waals surface area contributed by atoms with Gasteiger partial charge in [-0.1, -0.05) is 30.3 Å². The SMILES string of the molecule is CC(NC(=O)c1cc2n(n1)CCCN(Cc1ccccc1)C2=O)C(=O)NCCN(C)C. The Bertz CT molecular complexity index is 925. The van der Waals surface area contributed by atoms with Gasteiger partial charge in [0.15, 0.2) is 5.69 Å². The Morgan fingerprint density at radius 3 is 2.65 bits per heavy atom. The largest absolute Gasteiger partial charge is 0.353 e. The Labute approximate surface area is 182 Å². The fraction of sp³-hybridized carbons (Fsp3) is 0.455. The van der Waals surface area contributed by atoms with Gasteiger partial charge in [0.2, 0.25) is 5.91 Å². The first-order valence-electron chi connectivity index (χ1n) is 10.5. The molecule has 3 amide bonds. The lowest BCUT2D eigenvalue weighted by Crippen LogP contribution is -2.46. The summed E-state index contributed by atoms with van der Waals surface area (Å²) in [6.07, 6.45) is 0.749. The van der Waals surface area contributed by atoms with Gasteiger partial charge >= 0.3 is 0 Å². The molecule has 9 heteroatoms. The van der Waals surface area contributed by atoms with E-state index in [-0.39, 0.29) is 17.5 Å². The van der Waals surface area contributed by atoms with Gasteiger partial charge in [0.25, 0.3) is 11.8 Å². The number of rotatable bonds is 8. The fourth-order valence-electron chi connectivity index (χ4n) is 3.39. The van der Waals surface area contributed by atoms with E-state index in [9.17, 15) is 14.4 Å². The van der Waals surface area contributed by atoms with Crippen LogP contribution in [-0.4, -0.2) is 77.1 Å². The van der Waals surface area contributed by atoms with Crippen LogP contribution >= 0.6 is 0 Å². The molecule has 0 spiro atoms. The second-order valence-electron chi connectivity index (χ2n) is 7.99. The number of nitrogens with one attached hydrogen (secondary N) is 2. The van der Waals surface area contributed by atoms with E-state index in [1.165, 1.54) is 6.07 Å². The quantitative estimate of drug-likeness (QED) is 0.648. The first-order valence-corrected chi connectivity index (χ1v) is 10.5. The zero-order valence-electron chi connectivity index (χ0n) is 18.3. The van der Waals surface area contributed by atoms with Crippen molar-refractivity contribution in [2.75, 3.05) is 33.7 Å². The summed E-state index contributed by atoms with van der Waals surface area (Å²) in [5.41, 5.74) is 1.58. The average Bonchev–Trinajstić information content (AvgIpc) is 3.11. The maximum atomic E-state index is 13.0. The third kappa shape index (κ3) is 5.91. The molecular formula is C22H30N6O3. The second kappa shape index (κ2) is 10.2. The lowest BCUT2D eigenvalue weighted by molar-refractivity contribution is -0.122. The minimum Gasteiger partial charge on any atom is -0.353 e.